The zero-order valence-electron chi connectivity index (χ0n) is 13.7. The van der Waals surface area contributed by atoms with Gasteiger partial charge in [-0.25, -0.2) is 9.07 Å². The number of hydrogen-bond acceptors (Lipinski definition) is 4. The number of aromatic hydroxyl groups is 1. The Bertz CT molecular complexity index is 759. The van der Waals surface area contributed by atoms with Crippen molar-refractivity contribution in [2.45, 2.75) is 26.3 Å². The van der Waals surface area contributed by atoms with Crippen LogP contribution < -0.4 is 10.6 Å². The summed E-state index contributed by atoms with van der Waals surface area (Å²) in [6, 6.07) is 4.31. The molecule has 0 bridgehead atoms. The van der Waals surface area contributed by atoms with Crippen LogP contribution in [0.2, 0.25) is 0 Å². The number of halogens is 1. The largest absolute Gasteiger partial charge is 0.504 e. The van der Waals surface area contributed by atoms with Gasteiger partial charge in [-0.05, 0) is 56.1 Å². The number of benzene rings is 1. The van der Waals surface area contributed by atoms with E-state index in [4.69, 9.17) is 0 Å². The Morgan fingerprint density at radius 1 is 1.50 bits per heavy atom. The molecule has 2 atom stereocenters. The number of carbonyl (C=O) groups excluding carboxylic acids is 1. The van der Waals surface area contributed by atoms with Gasteiger partial charge >= 0.3 is 0 Å². The molecule has 7 heteroatoms. The number of carbonyl (C=O) groups is 1. The van der Waals surface area contributed by atoms with Gasteiger partial charge in [-0.15, -0.1) is 0 Å². The lowest BCUT2D eigenvalue weighted by Crippen LogP contribution is -2.48. The van der Waals surface area contributed by atoms with Crippen LogP contribution in [0.1, 0.15) is 29.4 Å². The summed E-state index contributed by atoms with van der Waals surface area (Å²) in [5.74, 6) is -0.626. The first kappa shape index (κ1) is 16.4. The van der Waals surface area contributed by atoms with Crippen LogP contribution in [0.5, 0.6) is 5.75 Å². The van der Waals surface area contributed by atoms with Gasteiger partial charge in [0, 0.05) is 6.04 Å². The molecule has 3 N–H and O–H groups in total. The standard InChI is InChI=1S/C17H21FN4O2/c1-10-7-12(18)3-4-14(10)22-9-15(23)16(21-22)17(24)20-13-5-6-19-8-11(13)2/h3-4,7,9,11,13,19,23H,5-6,8H2,1-2H3,(H,20,24). The number of nitrogens with zero attached hydrogens (tertiary/aromatic N) is 2. The quantitative estimate of drug-likeness (QED) is 0.800. The number of piperidine rings is 1. The molecule has 24 heavy (non-hydrogen) atoms. The maximum Gasteiger partial charge on any atom is 0.275 e. The minimum atomic E-state index is -0.398. The van der Waals surface area contributed by atoms with E-state index in [9.17, 15) is 14.3 Å². The minimum Gasteiger partial charge on any atom is -0.504 e. The summed E-state index contributed by atoms with van der Waals surface area (Å²) in [5.41, 5.74) is 1.25. The Morgan fingerprint density at radius 3 is 3.00 bits per heavy atom. The number of nitrogens with one attached hydrogen (secondary N) is 2. The molecule has 6 nitrogen and oxygen atoms in total. The van der Waals surface area contributed by atoms with Gasteiger partial charge in [0.15, 0.2) is 11.4 Å². The highest BCUT2D eigenvalue weighted by atomic mass is 19.1. The van der Waals surface area contributed by atoms with Crippen molar-refractivity contribution >= 4 is 5.91 Å². The Kier molecular flexibility index (Phi) is 4.53. The molecule has 0 spiro atoms. The number of aryl methyl sites for hydroxylation is 1. The van der Waals surface area contributed by atoms with Crippen molar-refractivity contribution in [3.05, 3.63) is 41.5 Å². The summed E-state index contributed by atoms with van der Waals surface area (Å²) in [5, 5.41) is 20.5. The molecule has 1 aliphatic rings. The van der Waals surface area contributed by atoms with Gasteiger partial charge in [0.05, 0.1) is 11.9 Å². The van der Waals surface area contributed by atoms with Crippen molar-refractivity contribution in [3.63, 3.8) is 0 Å². The van der Waals surface area contributed by atoms with E-state index < -0.39 is 5.91 Å². The van der Waals surface area contributed by atoms with Gasteiger partial charge in [0.1, 0.15) is 5.82 Å². The predicted octanol–water partition coefficient (Wildman–Crippen LogP) is 1.75. The summed E-state index contributed by atoms with van der Waals surface area (Å²) >= 11 is 0. The first-order chi connectivity index (χ1) is 11.5. The fourth-order valence-electron chi connectivity index (χ4n) is 2.99. The normalized spacial score (nSPS) is 20.8. The molecule has 2 heterocycles. The topological polar surface area (TPSA) is 79.2 Å². The van der Waals surface area contributed by atoms with Gasteiger partial charge in [0.25, 0.3) is 5.91 Å². The molecule has 0 radical (unpaired) electrons. The van der Waals surface area contributed by atoms with Gasteiger partial charge in [-0.1, -0.05) is 6.92 Å². The minimum absolute atomic E-state index is 0.0237. The first-order valence-corrected chi connectivity index (χ1v) is 8.02. The molecule has 1 amide bonds. The monoisotopic (exact) mass is 332 g/mol. The zero-order chi connectivity index (χ0) is 17.3. The number of rotatable bonds is 3. The van der Waals surface area contributed by atoms with Crippen LogP contribution in [-0.2, 0) is 0 Å². The highest BCUT2D eigenvalue weighted by Crippen LogP contribution is 2.21. The van der Waals surface area contributed by atoms with Crippen LogP contribution in [0.3, 0.4) is 0 Å². The van der Waals surface area contributed by atoms with Crippen LogP contribution in [0.4, 0.5) is 4.39 Å². The maximum absolute atomic E-state index is 13.2. The summed E-state index contributed by atoms with van der Waals surface area (Å²) < 4.78 is 14.6. The molecular formula is C17H21FN4O2. The Labute approximate surface area is 139 Å². The molecule has 1 aromatic heterocycles. The fourth-order valence-corrected chi connectivity index (χ4v) is 2.99. The van der Waals surface area contributed by atoms with E-state index in [2.05, 4.69) is 22.7 Å². The Morgan fingerprint density at radius 2 is 2.29 bits per heavy atom. The Hall–Kier alpha value is -2.41. The fraction of sp³-hybridized carbons (Fsp3) is 0.412. The van der Waals surface area contributed by atoms with Crippen LogP contribution in [-0.4, -0.2) is 39.9 Å². The van der Waals surface area contributed by atoms with Gasteiger partial charge in [0.2, 0.25) is 0 Å². The van der Waals surface area contributed by atoms with Crippen LogP contribution >= 0.6 is 0 Å². The van der Waals surface area contributed by atoms with E-state index >= 15 is 0 Å². The lowest BCUT2D eigenvalue weighted by Gasteiger charge is -2.29. The zero-order valence-corrected chi connectivity index (χ0v) is 13.7. The van der Waals surface area contributed by atoms with Crippen molar-refractivity contribution < 1.29 is 14.3 Å². The van der Waals surface area contributed by atoms with Gasteiger partial charge in [-0.3, -0.25) is 4.79 Å². The van der Waals surface area contributed by atoms with Crippen LogP contribution in [0, 0.1) is 18.7 Å². The second-order valence-corrected chi connectivity index (χ2v) is 6.29. The van der Waals surface area contributed by atoms with Crippen molar-refractivity contribution in [3.8, 4) is 11.4 Å². The molecule has 2 aromatic rings. The summed E-state index contributed by atoms with van der Waals surface area (Å²) in [6.45, 7) is 5.51. The number of hydrogen-bond donors (Lipinski definition) is 3. The molecule has 0 saturated carbocycles. The molecule has 1 saturated heterocycles. The molecule has 1 aromatic carbocycles. The molecule has 128 valence electrons. The van der Waals surface area contributed by atoms with Crippen molar-refractivity contribution in [2.75, 3.05) is 13.1 Å². The van der Waals surface area contributed by atoms with E-state index in [1.165, 1.54) is 23.0 Å². The summed E-state index contributed by atoms with van der Waals surface area (Å²) in [4.78, 5) is 12.4. The highest BCUT2D eigenvalue weighted by Gasteiger charge is 2.25. The molecule has 1 fully saturated rings. The highest BCUT2D eigenvalue weighted by molar-refractivity contribution is 5.95. The molecule has 3 rings (SSSR count). The van der Waals surface area contributed by atoms with E-state index in [1.54, 1.807) is 13.0 Å². The first-order valence-electron chi connectivity index (χ1n) is 8.02. The third-order valence-corrected chi connectivity index (χ3v) is 4.42. The second kappa shape index (κ2) is 6.60. The molecule has 2 unspecified atom stereocenters. The Balaban J connectivity index is 1.82. The average molecular weight is 332 g/mol. The van der Waals surface area contributed by atoms with Crippen LogP contribution in [0.15, 0.2) is 24.4 Å². The van der Waals surface area contributed by atoms with E-state index in [1.807, 2.05) is 0 Å². The van der Waals surface area contributed by atoms with Crippen molar-refractivity contribution in [1.29, 1.82) is 0 Å². The van der Waals surface area contributed by atoms with Gasteiger partial charge < -0.3 is 15.7 Å². The lowest BCUT2D eigenvalue weighted by molar-refractivity contribution is 0.0906. The maximum atomic E-state index is 13.2. The average Bonchev–Trinajstić information content (AvgIpc) is 2.91. The third-order valence-electron chi connectivity index (χ3n) is 4.42. The predicted molar refractivity (Wildman–Crippen MR) is 87.8 cm³/mol. The van der Waals surface area contributed by atoms with Crippen LogP contribution in [0.25, 0.3) is 5.69 Å². The van der Waals surface area contributed by atoms with E-state index in [-0.39, 0.29) is 23.3 Å². The smallest absolute Gasteiger partial charge is 0.275 e. The second-order valence-electron chi connectivity index (χ2n) is 6.29. The van der Waals surface area contributed by atoms with Crippen molar-refractivity contribution in [2.24, 2.45) is 5.92 Å². The SMILES string of the molecule is Cc1cc(F)ccc1-n1cc(O)c(C(=O)NC2CCNCC2C)n1. The van der Waals surface area contributed by atoms with Crippen molar-refractivity contribution in [1.82, 2.24) is 20.4 Å². The molecule has 1 aliphatic heterocycles. The van der Waals surface area contributed by atoms with E-state index in [0.717, 1.165) is 19.5 Å². The molecule has 0 aliphatic carbocycles. The van der Waals surface area contributed by atoms with E-state index in [0.29, 0.717) is 17.2 Å². The van der Waals surface area contributed by atoms with Gasteiger partial charge in [-0.2, -0.15) is 5.10 Å². The number of amides is 1. The summed E-state index contributed by atoms with van der Waals surface area (Å²) in [6.07, 6.45) is 2.20. The lowest BCUT2D eigenvalue weighted by atomic mass is 9.95. The third kappa shape index (κ3) is 3.26. The molecular weight excluding hydrogens is 311 g/mol. The summed E-state index contributed by atoms with van der Waals surface area (Å²) in [7, 11) is 0. The number of aromatic nitrogens is 2.